The summed E-state index contributed by atoms with van der Waals surface area (Å²) in [5, 5.41) is 5.16. The van der Waals surface area contributed by atoms with Gasteiger partial charge in [0.25, 0.3) is 5.91 Å². The molecule has 5 nitrogen and oxygen atoms in total. The van der Waals surface area contributed by atoms with Crippen molar-refractivity contribution < 1.29 is 19.1 Å². The number of esters is 1. The summed E-state index contributed by atoms with van der Waals surface area (Å²) in [4.78, 5) is 25.3. The van der Waals surface area contributed by atoms with E-state index in [9.17, 15) is 9.59 Å². The van der Waals surface area contributed by atoms with E-state index in [1.807, 2.05) is 36.6 Å². The normalized spacial score (nSPS) is 10.4. The van der Waals surface area contributed by atoms with Crippen LogP contribution in [-0.4, -0.2) is 25.1 Å². The lowest BCUT2D eigenvalue weighted by Gasteiger charge is -2.09. The van der Waals surface area contributed by atoms with Crippen LogP contribution in [0.15, 0.2) is 58.4 Å². The molecule has 0 atom stereocenters. The number of amides is 1. The van der Waals surface area contributed by atoms with Crippen LogP contribution in [0.25, 0.3) is 11.1 Å². The van der Waals surface area contributed by atoms with Crippen molar-refractivity contribution in [3.63, 3.8) is 0 Å². The molecule has 1 N–H and O–H groups in total. The fraction of sp³-hybridized carbons (Fsp3) is 0.182. The fourth-order valence-corrected chi connectivity index (χ4v) is 3.96. The molecule has 29 heavy (non-hydrogen) atoms. The molecule has 3 aromatic rings. The van der Waals surface area contributed by atoms with Gasteiger partial charge in [-0.1, -0.05) is 28.1 Å². The van der Waals surface area contributed by atoms with Gasteiger partial charge in [0, 0.05) is 21.0 Å². The molecular weight excluding hydrogens is 454 g/mol. The minimum absolute atomic E-state index is 0.251. The van der Waals surface area contributed by atoms with Gasteiger partial charge in [-0.3, -0.25) is 4.79 Å². The molecule has 0 aliphatic carbocycles. The maximum absolute atomic E-state index is 12.7. The van der Waals surface area contributed by atoms with Crippen molar-refractivity contribution in [1.29, 1.82) is 0 Å². The zero-order valence-corrected chi connectivity index (χ0v) is 18.4. The number of ether oxygens (including phenoxy) is 2. The first-order chi connectivity index (χ1) is 14.0. The Balaban J connectivity index is 1.91. The number of halogens is 1. The molecule has 0 spiro atoms. The van der Waals surface area contributed by atoms with Gasteiger partial charge in [-0.2, -0.15) is 0 Å². The molecule has 1 aromatic heterocycles. The molecule has 0 saturated carbocycles. The van der Waals surface area contributed by atoms with Gasteiger partial charge >= 0.3 is 5.97 Å². The standard InChI is InChI=1S/C22H20BrNO4S/c1-3-27-17-11-7-15(8-12-17)20(25)24-21-19(22(26)28-4-2)18(13-29-21)14-5-9-16(23)10-6-14/h5-13H,3-4H2,1-2H3,(H,24,25). The number of carbonyl (C=O) groups excluding carboxylic acids is 2. The van der Waals surface area contributed by atoms with Crippen LogP contribution in [0.2, 0.25) is 0 Å². The van der Waals surface area contributed by atoms with Gasteiger partial charge in [-0.25, -0.2) is 4.79 Å². The number of anilines is 1. The smallest absolute Gasteiger partial charge is 0.341 e. The van der Waals surface area contributed by atoms with Crippen molar-refractivity contribution >= 4 is 44.1 Å². The largest absolute Gasteiger partial charge is 0.494 e. The van der Waals surface area contributed by atoms with Crippen LogP contribution in [0.3, 0.4) is 0 Å². The molecule has 3 rings (SSSR count). The maximum Gasteiger partial charge on any atom is 0.341 e. The summed E-state index contributed by atoms with van der Waals surface area (Å²) in [5.74, 6) is -0.0682. The molecule has 1 amide bonds. The van der Waals surface area contributed by atoms with Crippen molar-refractivity contribution in [1.82, 2.24) is 0 Å². The number of nitrogens with one attached hydrogen (secondary N) is 1. The highest BCUT2D eigenvalue weighted by Gasteiger charge is 2.23. The summed E-state index contributed by atoms with van der Waals surface area (Å²) >= 11 is 4.71. The summed E-state index contributed by atoms with van der Waals surface area (Å²) in [6.07, 6.45) is 0. The number of thiophene rings is 1. The second-order valence-electron chi connectivity index (χ2n) is 5.99. The maximum atomic E-state index is 12.7. The van der Waals surface area contributed by atoms with Gasteiger partial charge in [-0.05, 0) is 55.8 Å². The second kappa shape index (κ2) is 9.71. The average Bonchev–Trinajstić information content (AvgIpc) is 3.13. The third-order valence-electron chi connectivity index (χ3n) is 4.08. The summed E-state index contributed by atoms with van der Waals surface area (Å²) in [6, 6.07) is 14.5. The van der Waals surface area contributed by atoms with Crippen LogP contribution in [0.4, 0.5) is 5.00 Å². The van der Waals surface area contributed by atoms with E-state index in [1.54, 1.807) is 31.2 Å². The lowest BCUT2D eigenvalue weighted by molar-refractivity contribution is 0.0529. The zero-order chi connectivity index (χ0) is 20.8. The number of hydrogen-bond acceptors (Lipinski definition) is 5. The highest BCUT2D eigenvalue weighted by Crippen LogP contribution is 2.37. The van der Waals surface area contributed by atoms with E-state index in [-0.39, 0.29) is 12.5 Å². The highest BCUT2D eigenvalue weighted by molar-refractivity contribution is 9.10. The Morgan fingerprint density at radius 1 is 1.00 bits per heavy atom. The van der Waals surface area contributed by atoms with E-state index in [2.05, 4.69) is 21.2 Å². The van der Waals surface area contributed by atoms with Gasteiger partial charge in [0.15, 0.2) is 0 Å². The van der Waals surface area contributed by atoms with Crippen LogP contribution in [0, 0.1) is 0 Å². The molecule has 7 heteroatoms. The number of benzene rings is 2. The highest BCUT2D eigenvalue weighted by atomic mass is 79.9. The summed E-state index contributed by atoms with van der Waals surface area (Å²) in [6.45, 7) is 4.46. The lowest BCUT2D eigenvalue weighted by Crippen LogP contribution is -2.14. The lowest BCUT2D eigenvalue weighted by atomic mass is 10.0. The first kappa shape index (κ1) is 21.1. The van der Waals surface area contributed by atoms with Gasteiger partial charge in [0.2, 0.25) is 0 Å². The minimum Gasteiger partial charge on any atom is -0.494 e. The van der Waals surface area contributed by atoms with Crippen LogP contribution in [-0.2, 0) is 4.74 Å². The van der Waals surface area contributed by atoms with Crippen molar-refractivity contribution in [2.45, 2.75) is 13.8 Å². The molecule has 0 bridgehead atoms. The third-order valence-corrected chi connectivity index (χ3v) is 5.50. The predicted octanol–water partition coefficient (Wildman–Crippen LogP) is 6.01. The first-order valence-electron chi connectivity index (χ1n) is 9.12. The Morgan fingerprint density at radius 2 is 1.69 bits per heavy atom. The zero-order valence-electron chi connectivity index (χ0n) is 16.0. The van der Waals surface area contributed by atoms with E-state index in [0.717, 1.165) is 15.6 Å². The van der Waals surface area contributed by atoms with Gasteiger partial charge < -0.3 is 14.8 Å². The quantitative estimate of drug-likeness (QED) is 0.427. The number of hydrogen-bond donors (Lipinski definition) is 1. The topological polar surface area (TPSA) is 64.6 Å². The molecule has 0 unspecified atom stereocenters. The predicted molar refractivity (Wildman–Crippen MR) is 119 cm³/mol. The van der Waals surface area contributed by atoms with E-state index in [1.165, 1.54) is 11.3 Å². The summed E-state index contributed by atoms with van der Waals surface area (Å²) in [5.41, 5.74) is 2.43. The Labute approximate surface area is 181 Å². The Kier molecular flexibility index (Phi) is 7.06. The summed E-state index contributed by atoms with van der Waals surface area (Å²) in [7, 11) is 0. The Bertz CT molecular complexity index is 997. The van der Waals surface area contributed by atoms with Crippen molar-refractivity contribution in [3.05, 3.63) is 69.5 Å². The van der Waals surface area contributed by atoms with E-state index < -0.39 is 5.97 Å². The van der Waals surface area contributed by atoms with Crippen molar-refractivity contribution in [2.75, 3.05) is 18.5 Å². The molecular formula is C22H20BrNO4S. The molecule has 1 heterocycles. The molecule has 0 aliphatic heterocycles. The third kappa shape index (κ3) is 5.05. The fourth-order valence-electron chi connectivity index (χ4n) is 2.74. The average molecular weight is 474 g/mol. The molecule has 150 valence electrons. The van der Waals surface area contributed by atoms with Crippen LogP contribution < -0.4 is 10.1 Å². The number of carbonyl (C=O) groups is 2. The first-order valence-corrected chi connectivity index (χ1v) is 10.8. The Morgan fingerprint density at radius 3 is 2.31 bits per heavy atom. The van der Waals surface area contributed by atoms with E-state index in [0.29, 0.717) is 28.5 Å². The van der Waals surface area contributed by atoms with Crippen LogP contribution in [0.5, 0.6) is 5.75 Å². The van der Waals surface area contributed by atoms with E-state index in [4.69, 9.17) is 9.47 Å². The SMILES string of the molecule is CCOC(=O)c1c(-c2ccc(Br)cc2)csc1NC(=O)c1ccc(OCC)cc1. The monoisotopic (exact) mass is 473 g/mol. The van der Waals surface area contributed by atoms with E-state index >= 15 is 0 Å². The Hall–Kier alpha value is -2.64. The number of rotatable bonds is 7. The molecule has 0 fully saturated rings. The van der Waals surface area contributed by atoms with Gasteiger partial charge in [0.05, 0.1) is 13.2 Å². The second-order valence-corrected chi connectivity index (χ2v) is 7.79. The van der Waals surface area contributed by atoms with Crippen molar-refractivity contribution in [3.8, 4) is 16.9 Å². The van der Waals surface area contributed by atoms with Gasteiger partial charge in [-0.15, -0.1) is 11.3 Å². The van der Waals surface area contributed by atoms with Gasteiger partial charge in [0.1, 0.15) is 16.3 Å². The molecule has 0 aliphatic rings. The molecule has 0 radical (unpaired) electrons. The summed E-state index contributed by atoms with van der Waals surface area (Å²) < 4.78 is 11.6. The van der Waals surface area contributed by atoms with Crippen LogP contribution >= 0.6 is 27.3 Å². The minimum atomic E-state index is -0.464. The molecule has 0 saturated heterocycles. The van der Waals surface area contributed by atoms with Crippen LogP contribution in [0.1, 0.15) is 34.6 Å². The molecule has 2 aromatic carbocycles. The van der Waals surface area contributed by atoms with Crippen molar-refractivity contribution in [2.24, 2.45) is 0 Å².